The number of hydrogen-bond acceptors (Lipinski definition) is 4. The average Bonchev–Trinajstić information content (AvgIpc) is 3.21. The van der Waals surface area contributed by atoms with Crippen LogP contribution in [0.2, 0.25) is 0 Å². The van der Waals surface area contributed by atoms with Gasteiger partial charge in [-0.25, -0.2) is 4.39 Å². The Kier molecular flexibility index (Phi) is 4.39. The Balaban J connectivity index is 1.73. The van der Waals surface area contributed by atoms with Gasteiger partial charge in [-0.05, 0) is 41.3 Å². The number of benzene rings is 1. The van der Waals surface area contributed by atoms with E-state index in [1.54, 1.807) is 41.8 Å². The van der Waals surface area contributed by atoms with Crippen molar-refractivity contribution in [2.24, 2.45) is 0 Å². The molecule has 1 aromatic carbocycles. The molecule has 0 radical (unpaired) electrons. The van der Waals surface area contributed by atoms with E-state index in [1.165, 1.54) is 23.5 Å². The van der Waals surface area contributed by atoms with Gasteiger partial charge in [0.1, 0.15) is 11.6 Å². The first-order valence-corrected chi connectivity index (χ1v) is 7.82. The van der Waals surface area contributed by atoms with Gasteiger partial charge < -0.3 is 9.52 Å². The zero-order valence-electron chi connectivity index (χ0n) is 12.0. The molecule has 0 aliphatic heterocycles. The van der Waals surface area contributed by atoms with E-state index in [1.807, 2.05) is 0 Å². The van der Waals surface area contributed by atoms with Crippen LogP contribution in [0.3, 0.4) is 0 Å². The molecule has 0 unspecified atom stereocenters. The van der Waals surface area contributed by atoms with Crippen molar-refractivity contribution in [1.82, 2.24) is 0 Å². The van der Waals surface area contributed by atoms with Crippen LogP contribution in [0.4, 0.5) is 4.39 Å². The molecule has 23 heavy (non-hydrogen) atoms. The van der Waals surface area contributed by atoms with Crippen molar-refractivity contribution in [2.75, 3.05) is 0 Å². The van der Waals surface area contributed by atoms with E-state index in [2.05, 4.69) is 0 Å². The average molecular weight is 328 g/mol. The molecule has 0 spiro atoms. The van der Waals surface area contributed by atoms with Crippen molar-refractivity contribution in [2.45, 2.75) is 6.42 Å². The number of thiophene rings is 1. The summed E-state index contributed by atoms with van der Waals surface area (Å²) in [5, 5.41) is 11.8. The minimum Gasteiger partial charge on any atom is -0.504 e. The predicted octanol–water partition coefficient (Wildman–Crippen LogP) is 4.85. The lowest BCUT2D eigenvalue weighted by atomic mass is 10.1. The molecular weight excluding hydrogens is 315 g/mol. The number of hydrogen-bond donors (Lipinski definition) is 1. The van der Waals surface area contributed by atoms with Crippen molar-refractivity contribution in [1.29, 1.82) is 0 Å². The van der Waals surface area contributed by atoms with E-state index in [4.69, 9.17) is 4.42 Å². The number of rotatable bonds is 5. The molecule has 0 aliphatic rings. The molecule has 0 saturated carbocycles. The lowest BCUT2D eigenvalue weighted by Crippen LogP contribution is -1.92. The monoisotopic (exact) mass is 328 g/mol. The Labute approximate surface area is 136 Å². The topological polar surface area (TPSA) is 50.4 Å². The molecule has 1 N–H and O–H groups in total. The third-order valence-corrected chi connectivity index (χ3v) is 4.12. The summed E-state index contributed by atoms with van der Waals surface area (Å²) in [5.74, 6) is 0.0754. The number of carbonyl (C=O) groups excluding carboxylic acids is 1. The number of allylic oxidation sites excluding steroid dienone is 1. The highest BCUT2D eigenvalue weighted by atomic mass is 32.1. The van der Waals surface area contributed by atoms with Crippen LogP contribution in [-0.4, -0.2) is 10.9 Å². The Hall–Kier alpha value is -2.66. The van der Waals surface area contributed by atoms with Gasteiger partial charge in [-0.3, -0.25) is 4.79 Å². The van der Waals surface area contributed by atoms with Gasteiger partial charge in [-0.2, -0.15) is 0 Å². The van der Waals surface area contributed by atoms with Crippen LogP contribution in [0.15, 0.2) is 64.4 Å². The Bertz CT molecular complexity index is 830. The number of aliphatic hydroxyl groups is 1. The second-order valence-corrected chi connectivity index (χ2v) is 5.89. The highest BCUT2D eigenvalue weighted by molar-refractivity contribution is 7.12. The summed E-state index contributed by atoms with van der Waals surface area (Å²) >= 11 is 1.31. The molecule has 116 valence electrons. The van der Waals surface area contributed by atoms with Gasteiger partial charge in [-0.1, -0.05) is 18.2 Å². The molecule has 3 aromatic rings. The first-order chi connectivity index (χ1) is 11.1. The fraction of sp³-hybridized carbons (Fsp3) is 0.0556. The standard InChI is InChI=1S/C18H13FO3S/c19-13-5-3-12(4-6-13)10-14-7-8-17(22-14)15(20)11-16(21)18-2-1-9-23-18/h1-9,11,20H,10H2/b15-11-. The first kappa shape index (κ1) is 15.2. The van der Waals surface area contributed by atoms with Gasteiger partial charge in [0.15, 0.2) is 17.3 Å². The van der Waals surface area contributed by atoms with Crippen LogP contribution in [0.1, 0.15) is 26.8 Å². The molecule has 0 amide bonds. The number of furan rings is 1. The summed E-state index contributed by atoms with van der Waals surface area (Å²) in [6, 6.07) is 12.9. The van der Waals surface area contributed by atoms with Crippen molar-refractivity contribution in [3.8, 4) is 0 Å². The van der Waals surface area contributed by atoms with Crippen LogP contribution < -0.4 is 0 Å². The molecule has 3 rings (SSSR count). The van der Waals surface area contributed by atoms with Crippen LogP contribution in [-0.2, 0) is 6.42 Å². The van der Waals surface area contributed by atoms with Crippen LogP contribution in [0.5, 0.6) is 0 Å². The van der Waals surface area contributed by atoms with Crippen LogP contribution >= 0.6 is 11.3 Å². The van der Waals surface area contributed by atoms with Gasteiger partial charge in [0.25, 0.3) is 0 Å². The third-order valence-electron chi connectivity index (χ3n) is 3.24. The fourth-order valence-corrected chi connectivity index (χ4v) is 2.74. The molecule has 5 heteroatoms. The maximum absolute atomic E-state index is 12.9. The molecule has 0 atom stereocenters. The third kappa shape index (κ3) is 3.76. The van der Waals surface area contributed by atoms with Crippen molar-refractivity contribution < 1.29 is 18.7 Å². The molecule has 0 bridgehead atoms. The highest BCUT2D eigenvalue weighted by Gasteiger charge is 2.11. The van der Waals surface area contributed by atoms with E-state index in [-0.39, 0.29) is 23.1 Å². The predicted molar refractivity (Wildman–Crippen MR) is 87.2 cm³/mol. The Morgan fingerprint density at radius 3 is 2.65 bits per heavy atom. The van der Waals surface area contributed by atoms with Crippen LogP contribution in [0.25, 0.3) is 5.76 Å². The van der Waals surface area contributed by atoms with Gasteiger partial charge in [0.2, 0.25) is 0 Å². The summed E-state index contributed by atoms with van der Waals surface area (Å²) in [4.78, 5) is 12.5. The van der Waals surface area contributed by atoms with Crippen molar-refractivity contribution in [3.63, 3.8) is 0 Å². The summed E-state index contributed by atoms with van der Waals surface area (Å²) in [5.41, 5.74) is 0.894. The van der Waals surface area contributed by atoms with Crippen molar-refractivity contribution in [3.05, 3.63) is 87.8 Å². The lowest BCUT2D eigenvalue weighted by molar-refractivity contribution is 0.104. The minimum absolute atomic E-state index is 0.214. The number of aliphatic hydroxyl groups excluding tert-OH is 1. The maximum atomic E-state index is 12.9. The summed E-state index contributed by atoms with van der Waals surface area (Å²) in [7, 11) is 0. The molecule has 2 aromatic heterocycles. The second kappa shape index (κ2) is 6.62. The fourth-order valence-electron chi connectivity index (χ4n) is 2.10. The molecule has 0 aliphatic carbocycles. The summed E-state index contributed by atoms with van der Waals surface area (Å²) in [6.07, 6.45) is 1.62. The summed E-state index contributed by atoms with van der Waals surface area (Å²) < 4.78 is 18.4. The molecule has 2 heterocycles. The number of ketones is 1. The summed E-state index contributed by atoms with van der Waals surface area (Å²) in [6.45, 7) is 0. The minimum atomic E-state index is -0.290. The van der Waals surface area contributed by atoms with Gasteiger partial charge >= 0.3 is 0 Å². The highest BCUT2D eigenvalue weighted by Crippen LogP contribution is 2.20. The molecule has 0 saturated heterocycles. The number of carbonyl (C=O) groups is 1. The zero-order valence-corrected chi connectivity index (χ0v) is 12.8. The quantitative estimate of drug-likeness (QED) is 0.414. The SMILES string of the molecule is O=C(/C=C(\O)c1ccc(Cc2ccc(F)cc2)o1)c1cccs1. The normalized spacial score (nSPS) is 11.6. The molecule has 3 nitrogen and oxygen atoms in total. The van der Waals surface area contributed by atoms with Crippen LogP contribution in [0, 0.1) is 5.82 Å². The van der Waals surface area contributed by atoms with Crippen molar-refractivity contribution >= 4 is 22.9 Å². The van der Waals surface area contributed by atoms with E-state index in [0.717, 1.165) is 11.6 Å². The lowest BCUT2D eigenvalue weighted by Gasteiger charge is -1.99. The molecular formula is C18H13FO3S. The smallest absolute Gasteiger partial charge is 0.199 e. The Morgan fingerprint density at radius 2 is 1.96 bits per heavy atom. The zero-order chi connectivity index (χ0) is 16.2. The molecule has 0 fully saturated rings. The Morgan fingerprint density at radius 1 is 1.17 bits per heavy atom. The van der Waals surface area contributed by atoms with E-state index < -0.39 is 0 Å². The van der Waals surface area contributed by atoms with Gasteiger partial charge in [-0.15, -0.1) is 11.3 Å². The van der Waals surface area contributed by atoms with E-state index in [9.17, 15) is 14.3 Å². The first-order valence-electron chi connectivity index (χ1n) is 6.94. The second-order valence-electron chi connectivity index (χ2n) is 4.94. The van der Waals surface area contributed by atoms with Gasteiger partial charge in [0, 0.05) is 12.5 Å². The van der Waals surface area contributed by atoms with Gasteiger partial charge in [0.05, 0.1) is 4.88 Å². The maximum Gasteiger partial charge on any atom is 0.199 e. The largest absolute Gasteiger partial charge is 0.504 e. The number of halogens is 1. The van der Waals surface area contributed by atoms with E-state index >= 15 is 0 Å². The van der Waals surface area contributed by atoms with E-state index in [0.29, 0.717) is 17.1 Å².